The number of aliphatic hydroxyl groups excluding tert-OH is 3. The normalized spacial score (nSPS) is 31.3. The Labute approximate surface area is 282 Å². The summed E-state index contributed by atoms with van der Waals surface area (Å²) in [5.41, 5.74) is 1.50. The number of ether oxygens (including phenoxy) is 2. The van der Waals surface area contributed by atoms with Crippen molar-refractivity contribution in [3.63, 3.8) is 0 Å². The van der Waals surface area contributed by atoms with Gasteiger partial charge in [0.15, 0.2) is 6.10 Å². The number of carbonyl (C=O) groups is 2. The molecule has 254 valence electrons. The van der Waals surface area contributed by atoms with Gasteiger partial charge >= 0.3 is 5.97 Å². The fourth-order valence-corrected chi connectivity index (χ4v) is 7.57. The lowest BCUT2D eigenvalue weighted by Gasteiger charge is -2.59. The first-order valence-corrected chi connectivity index (χ1v) is 16.2. The number of phenolic OH excluding ortho intramolecular Hbond substituents is 1. The summed E-state index contributed by atoms with van der Waals surface area (Å²) in [6, 6.07) is 30.2. The molecule has 4 aromatic rings. The monoisotopic (exact) mass is 667 g/mol. The number of para-hydroxylation sites is 1. The molecule has 4 aromatic carbocycles. The quantitative estimate of drug-likeness (QED) is 0.159. The number of anilines is 1. The number of β-lactam (4-membered cyclic amide) rings is 1. The van der Waals surface area contributed by atoms with Gasteiger partial charge in [-0.15, -0.1) is 0 Å². The number of amides is 1. The second-order valence-electron chi connectivity index (χ2n) is 13.1. The number of phenols is 1. The van der Waals surface area contributed by atoms with Crippen LogP contribution in [0.15, 0.2) is 103 Å². The van der Waals surface area contributed by atoms with Crippen LogP contribution in [0.1, 0.15) is 42.9 Å². The van der Waals surface area contributed by atoms with Gasteiger partial charge in [0.05, 0.1) is 17.1 Å². The third kappa shape index (κ3) is 5.63. The standard InChI is InChI=1S/C38H37NO10/c40-28-21-23(22-8-7-13-26(20-22)48-35-31(43)29(41)30(42)32(49-35)34(44)45)14-15-27(28)33-37(36(46)39(33)25-11-5-2-6-12-25)16-18-38(47,19-17-37)24-9-3-1-4-10-24/h1-15,20-21,29-33,35,40-43,47H,16-19H2,(H,44,45)/t29?,30-,31-,32?,33+,35+,37?,38?/m0/s1. The topological polar surface area (TPSA) is 177 Å². The fourth-order valence-electron chi connectivity index (χ4n) is 7.57. The Morgan fingerprint density at radius 1 is 0.776 bits per heavy atom. The van der Waals surface area contributed by atoms with Gasteiger partial charge < -0.3 is 45.0 Å². The highest BCUT2D eigenvalue weighted by molar-refractivity contribution is 6.06. The van der Waals surface area contributed by atoms with Crippen LogP contribution >= 0.6 is 0 Å². The molecular weight excluding hydrogens is 630 g/mol. The van der Waals surface area contributed by atoms with Gasteiger partial charge in [-0.25, -0.2) is 4.79 Å². The third-order valence-electron chi connectivity index (χ3n) is 10.3. The van der Waals surface area contributed by atoms with Crippen molar-refractivity contribution in [3.8, 4) is 22.6 Å². The van der Waals surface area contributed by atoms with Gasteiger partial charge in [0.25, 0.3) is 0 Å². The van der Waals surface area contributed by atoms with Gasteiger partial charge in [-0.1, -0.05) is 72.8 Å². The van der Waals surface area contributed by atoms with Crippen LogP contribution < -0.4 is 9.64 Å². The summed E-state index contributed by atoms with van der Waals surface area (Å²) < 4.78 is 11.0. The van der Waals surface area contributed by atoms with E-state index in [-0.39, 0.29) is 17.4 Å². The number of aromatic hydroxyl groups is 1. The number of nitrogens with zero attached hydrogens (tertiary/aromatic N) is 1. The van der Waals surface area contributed by atoms with Crippen molar-refractivity contribution >= 4 is 17.6 Å². The van der Waals surface area contributed by atoms with Crippen LogP contribution in [0.5, 0.6) is 11.5 Å². The van der Waals surface area contributed by atoms with E-state index >= 15 is 0 Å². The first-order valence-electron chi connectivity index (χ1n) is 16.2. The van der Waals surface area contributed by atoms with Crippen LogP contribution in [-0.4, -0.2) is 73.2 Å². The van der Waals surface area contributed by atoms with Crippen LogP contribution in [0.4, 0.5) is 5.69 Å². The molecule has 3 aliphatic rings. The molecule has 7 rings (SSSR count). The summed E-state index contributed by atoms with van der Waals surface area (Å²) in [6.45, 7) is 0. The number of hydrogen-bond donors (Lipinski definition) is 6. The molecule has 0 radical (unpaired) electrons. The maximum absolute atomic E-state index is 14.0. The number of carboxylic acids is 1. The number of benzene rings is 4. The molecule has 1 aliphatic carbocycles. The number of aliphatic carboxylic acids is 1. The molecule has 2 heterocycles. The van der Waals surface area contributed by atoms with Gasteiger partial charge in [-0.05, 0) is 72.7 Å². The van der Waals surface area contributed by atoms with Crippen molar-refractivity contribution in [2.75, 3.05) is 4.90 Å². The number of carboxylic acid groups (broad SMARTS) is 1. The molecule has 2 saturated heterocycles. The van der Waals surface area contributed by atoms with E-state index in [0.717, 1.165) is 11.3 Å². The SMILES string of the molecule is O=C(O)C1O[C@@H](Oc2cccc(-c3ccc([C@H]4N(c5ccccc5)C(=O)C45CCC(O)(c4ccccc4)CC5)c(O)c3)c2)[C@@H](O)C(O)[C@@H]1O. The van der Waals surface area contributed by atoms with E-state index in [9.17, 15) is 40.2 Å². The van der Waals surface area contributed by atoms with E-state index in [2.05, 4.69) is 0 Å². The molecule has 11 heteroatoms. The van der Waals surface area contributed by atoms with E-state index in [4.69, 9.17) is 9.47 Å². The van der Waals surface area contributed by atoms with Crippen molar-refractivity contribution in [3.05, 3.63) is 114 Å². The second-order valence-corrected chi connectivity index (χ2v) is 13.1. The molecule has 11 nitrogen and oxygen atoms in total. The molecule has 1 saturated carbocycles. The van der Waals surface area contributed by atoms with Crippen LogP contribution in [0.25, 0.3) is 11.1 Å². The minimum atomic E-state index is -1.84. The molecule has 6 atom stereocenters. The summed E-state index contributed by atoms with van der Waals surface area (Å²) in [7, 11) is 0. The lowest BCUT2D eigenvalue weighted by molar-refractivity contribution is -0.271. The van der Waals surface area contributed by atoms with Gasteiger partial charge in [0.2, 0.25) is 12.2 Å². The fraction of sp³-hybridized carbons (Fsp3) is 0.316. The van der Waals surface area contributed by atoms with Crippen LogP contribution in [0.3, 0.4) is 0 Å². The van der Waals surface area contributed by atoms with Crippen LogP contribution in [0.2, 0.25) is 0 Å². The summed E-state index contributed by atoms with van der Waals surface area (Å²) in [4.78, 5) is 27.3. The van der Waals surface area contributed by atoms with E-state index in [1.54, 1.807) is 41.3 Å². The lowest BCUT2D eigenvalue weighted by Crippen LogP contribution is -2.65. The Balaban J connectivity index is 1.16. The van der Waals surface area contributed by atoms with E-state index < -0.39 is 53.7 Å². The smallest absolute Gasteiger partial charge is 0.335 e. The average Bonchev–Trinajstić information content (AvgIpc) is 3.12. The van der Waals surface area contributed by atoms with E-state index in [1.165, 1.54) is 0 Å². The Bertz CT molecular complexity index is 1840. The van der Waals surface area contributed by atoms with Gasteiger partial charge in [0, 0.05) is 11.3 Å². The van der Waals surface area contributed by atoms with Gasteiger partial charge in [-0.3, -0.25) is 4.79 Å². The molecule has 6 N–H and O–H groups in total. The first kappa shape index (κ1) is 32.8. The number of hydrogen-bond acceptors (Lipinski definition) is 9. The lowest BCUT2D eigenvalue weighted by atomic mass is 9.56. The Kier molecular flexibility index (Phi) is 8.42. The Hall–Kier alpha value is -4.78. The van der Waals surface area contributed by atoms with E-state index in [1.807, 2.05) is 66.7 Å². The number of rotatable bonds is 7. The average molecular weight is 668 g/mol. The van der Waals surface area contributed by atoms with Gasteiger partial charge in [0.1, 0.15) is 29.8 Å². The number of aliphatic hydroxyl groups is 4. The van der Waals surface area contributed by atoms with Crippen molar-refractivity contribution < 1.29 is 49.7 Å². The molecule has 0 aromatic heterocycles. The Morgan fingerprint density at radius 3 is 2.08 bits per heavy atom. The highest BCUT2D eigenvalue weighted by atomic mass is 16.7. The maximum atomic E-state index is 14.0. The van der Waals surface area contributed by atoms with Crippen molar-refractivity contribution in [1.82, 2.24) is 0 Å². The zero-order chi connectivity index (χ0) is 34.5. The van der Waals surface area contributed by atoms with Crippen molar-refractivity contribution in [2.24, 2.45) is 5.41 Å². The highest BCUT2D eigenvalue weighted by Crippen LogP contribution is 2.62. The molecule has 2 aliphatic heterocycles. The van der Waals surface area contributed by atoms with Crippen LogP contribution in [-0.2, 0) is 19.9 Å². The molecule has 3 fully saturated rings. The summed E-state index contributed by atoms with van der Waals surface area (Å²) in [5.74, 6) is -1.39. The molecule has 1 amide bonds. The van der Waals surface area contributed by atoms with Crippen molar-refractivity contribution in [1.29, 1.82) is 0 Å². The predicted octanol–water partition coefficient (Wildman–Crippen LogP) is 3.87. The Morgan fingerprint density at radius 2 is 1.43 bits per heavy atom. The largest absolute Gasteiger partial charge is 0.508 e. The molecular formula is C38H37NO10. The van der Waals surface area contributed by atoms with Gasteiger partial charge in [-0.2, -0.15) is 0 Å². The highest BCUT2D eigenvalue weighted by Gasteiger charge is 2.64. The summed E-state index contributed by atoms with van der Waals surface area (Å²) in [6.07, 6.45) is -7.06. The van der Waals surface area contributed by atoms with Crippen LogP contribution in [0, 0.1) is 5.41 Å². The second kappa shape index (κ2) is 12.6. The zero-order valence-corrected chi connectivity index (χ0v) is 26.4. The summed E-state index contributed by atoms with van der Waals surface area (Å²) in [5, 5.41) is 63.0. The maximum Gasteiger partial charge on any atom is 0.335 e. The number of carbonyl (C=O) groups excluding carboxylic acids is 1. The minimum absolute atomic E-state index is 0.0158. The first-order chi connectivity index (χ1) is 23.5. The van der Waals surface area contributed by atoms with Crippen molar-refractivity contribution in [2.45, 2.75) is 68.0 Å². The summed E-state index contributed by atoms with van der Waals surface area (Å²) >= 11 is 0. The molecule has 49 heavy (non-hydrogen) atoms. The molecule has 0 bridgehead atoms. The third-order valence-corrected chi connectivity index (χ3v) is 10.3. The van der Waals surface area contributed by atoms with E-state index in [0.29, 0.717) is 42.4 Å². The zero-order valence-electron chi connectivity index (χ0n) is 26.4. The molecule has 1 spiro atoms. The minimum Gasteiger partial charge on any atom is -0.508 e. The predicted molar refractivity (Wildman–Crippen MR) is 176 cm³/mol. The molecule has 2 unspecified atom stereocenters.